The van der Waals surface area contributed by atoms with Gasteiger partial charge in [0.2, 0.25) is 0 Å². The lowest BCUT2D eigenvalue weighted by Crippen LogP contribution is -2.41. The first kappa shape index (κ1) is 12.0. The van der Waals surface area contributed by atoms with Gasteiger partial charge in [0.15, 0.2) is 5.79 Å². The van der Waals surface area contributed by atoms with Crippen LogP contribution in [0.25, 0.3) is 0 Å². The molecular formula is C13H19N3O2. The van der Waals surface area contributed by atoms with Crippen LogP contribution in [0.2, 0.25) is 0 Å². The Balaban J connectivity index is 1.46. The van der Waals surface area contributed by atoms with Crippen LogP contribution in [-0.2, 0) is 16.0 Å². The van der Waals surface area contributed by atoms with Crippen LogP contribution in [0.4, 0.5) is 0 Å². The van der Waals surface area contributed by atoms with Crippen LogP contribution in [0.15, 0.2) is 18.6 Å². The Morgan fingerprint density at radius 1 is 1.28 bits per heavy atom. The summed E-state index contributed by atoms with van der Waals surface area (Å²) in [4.78, 5) is 8.13. The van der Waals surface area contributed by atoms with E-state index in [4.69, 9.17) is 9.47 Å². The van der Waals surface area contributed by atoms with Crippen molar-refractivity contribution in [3.8, 4) is 0 Å². The van der Waals surface area contributed by atoms with Gasteiger partial charge in [-0.1, -0.05) is 0 Å². The molecule has 1 aliphatic heterocycles. The Hall–Kier alpha value is -1.04. The van der Waals surface area contributed by atoms with Crippen molar-refractivity contribution < 1.29 is 9.47 Å². The minimum absolute atomic E-state index is 0.257. The highest BCUT2D eigenvalue weighted by molar-refractivity contribution is 4.98. The molecule has 1 saturated carbocycles. The third kappa shape index (κ3) is 2.68. The van der Waals surface area contributed by atoms with E-state index in [9.17, 15) is 0 Å². The third-order valence-electron chi connectivity index (χ3n) is 3.78. The maximum Gasteiger partial charge on any atom is 0.168 e. The minimum Gasteiger partial charge on any atom is -0.348 e. The first-order valence-electron chi connectivity index (χ1n) is 6.63. The van der Waals surface area contributed by atoms with Crippen LogP contribution >= 0.6 is 0 Å². The fourth-order valence-corrected chi connectivity index (χ4v) is 2.72. The van der Waals surface area contributed by atoms with Crippen molar-refractivity contribution >= 4 is 0 Å². The van der Waals surface area contributed by atoms with Gasteiger partial charge in [0.1, 0.15) is 6.33 Å². The molecule has 0 aromatic carbocycles. The molecule has 1 aromatic rings. The fourth-order valence-electron chi connectivity index (χ4n) is 2.72. The van der Waals surface area contributed by atoms with Gasteiger partial charge < -0.3 is 14.8 Å². The average Bonchev–Trinajstić information content (AvgIpc) is 2.88. The van der Waals surface area contributed by atoms with Crippen molar-refractivity contribution in [2.75, 3.05) is 13.2 Å². The molecular weight excluding hydrogens is 230 g/mol. The number of nitrogens with zero attached hydrogens (tertiary/aromatic N) is 2. The van der Waals surface area contributed by atoms with Gasteiger partial charge in [0, 0.05) is 31.6 Å². The maximum atomic E-state index is 5.72. The summed E-state index contributed by atoms with van der Waals surface area (Å²) in [6, 6.07) is 2.49. The maximum absolute atomic E-state index is 5.72. The molecule has 1 aromatic heterocycles. The van der Waals surface area contributed by atoms with E-state index < -0.39 is 0 Å². The van der Waals surface area contributed by atoms with Gasteiger partial charge in [0.05, 0.1) is 18.9 Å². The topological polar surface area (TPSA) is 56.3 Å². The largest absolute Gasteiger partial charge is 0.348 e. The molecule has 98 valence electrons. The predicted octanol–water partition coefficient (Wildman–Crippen LogP) is 1.25. The number of hydrogen-bond donors (Lipinski definition) is 1. The van der Waals surface area contributed by atoms with Crippen molar-refractivity contribution in [1.82, 2.24) is 15.3 Å². The molecule has 5 heteroatoms. The zero-order chi connectivity index (χ0) is 12.3. The third-order valence-corrected chi connectivity index (χ3v) is 3.78. The molecule has 1 saturated heterocycles. The first-order valence-corrected chi connectivity index (χ1v) is 6.63. The first-order chi connectivity index (χ1) is 8.86. The number of hydrogen-bond acceptors (Lipinski definition) is 5. The molecule has 2 fully saturated rings. The predicted molar refractivity (Wildman–Crippen MR) is 65.8 cm³/mol. The van der Waals surface area contributed by atoms with Gasteiger partial charge in [-0.05, 0) is 18.9 Å². The lowest BCUT2D eigenvalue weighted by atomic mass is 9.90. The van der Waals surface area contributed by atoms with E-state index in [1.807, 2.05) is 6.07 Å². The van der Waals surface area contributed by atoms with Crippen molar-refractivity contribution in [3.63, 3.8) is 0 Å². The van der Waals surface area contributed by atoms with Gasteiger partial charge >= 0.3 is 0 Å². The van der Waals surface area contributed by atoms with Crippen LogP contribution in [-0.4, -0.2) is 35.0 Å². The van der Waals surface area contributed by atoms with Gasteiger partial charge in [-0.2, -0.15) is 0 Å². The molecule has 0 amide bonds. The molecule has 0 atom stereocenters. The van der Waals surface area contributed by atoms with Gasteiger partial charge in [0.25, 0.3) is 0 Å². The normalized spacial score (nSPS) is 23.6. The number of aromatic nitrogens is 2. The van der Waals surface area contributed by atoms with E-state index in [-0.39, 0.29) is 5.79 Å². The van der Waals surface area contributed by atoms with Crippen LogP contribution in [0.3, 0.4) is 0 Å². The molecule has 5 nitrogen and oxygen atoms in total. The quantitative estimate of drug-likeness (QED) is 0.873. The van der Waals surface area contributed by atoms with Crippen LogP contribution in [0.5, 0.6) is 0 Å². The van der Waals surface area contributed by atoms with Crippen LogP contribution < -0.4 is 5.32 Å². The standard InChI is InChI=1S/C13H19N3O2/c1-4-13(17-7-8-18-13)5-2-11(1)15-9-12-3-6-14-10-16-12/h3,6,10-11,15H,1-2,4-5,7-9H2. The summed E-state index contributed by atoms with van der Waals surface area (Å²) in [5.74, 6) is -0.257. The van der Waals surface area contributed by atoms with E-state index >= 15 is 0 Å². The average molecular weight is 249 g/mol. The Bertz CT molecular complexity index is 369. The highest BCUT2D eigenvalue weighted by Gasteiger charge is 2.40. The second kappa shape index (κ2) is 5.30. The minimum atomic E-state index is -0.257. The summed E-state index contributed by atoms with van der Waals surface area (Å²) >= 11 is 0. The second-order valence-corrected chi connectivity index (χ2v) is 4.96. The monoisotopic (exact) mass is 249 g/mol. The Morgan fingerprint density at radius 2 is 2.06 bits per heavy atom. The van der Waals surface area contributed by atoms with Crippen molar-refractivity contribution in [1.29, 1.82) is 0 Å². The number of ether oxygens (including phenoxy) is 2. The fraction of sp³-hybridized carbons (Fsp3) is 0.692. The van der Waals surface area contributed by atoms with Crippen molar-refractivity contribution in [3.05, 3.63) is 24.3 Å². The highest BCUT2D eigenvalue weighted by Crippen LogP contribution is 2.35. The number of nitrogens with one attached hydrogen (secondary N) is 1. The van der Waals surface area contributed by atoms with Crippen molar-refractivity contribution in [2.24, 2.45) is 0 Å². The summed E-state index contributed by atoms with van der Waals surface area (Å²) in [6.07, 6.45) is 7.56. The van der Waals surface area contributed by atoms with E-state index in [1.54, 1.807) is 12.5 Å². The molecule has 1 N–H and O–H groups in total. The lowest BCUT2D eigenvalue weighted by molar-refractivity contribution is -0.179. The smallest absolute Gasteiger partial charge is 0.168 e. The zero-order valence-corrected chi connectivity index (χ0v) is 10.5. The van der Waals surface area contributed by atoms with E-state index in [1.165, 1.54) is 0 Å². The molecule has 3 rings (SSSR count). The summed E-state index contributed by atoms with van der Waals surface area (Å²) in [6.45, 7) is 2.31. The molecule has 2 heterocycles. The van der Waals surface area contributed by atoms with Gasteiger partial charge in [-0.15, -0.1) is 0 Å². The molecule has 18 heavy (non-hydrogen) atoms. The lowest BCUT2D eigenvalue weighted by Gasteiger charge is -2.35. The second-order valence-electron chi connectivity index (χ2n) is 4.96. The van der Waals surface area contributed by atoms with Crippen LogP contribution in [0.1, 0.15) is 31.4 Å². The van der Waals surface area contributed by atoms with Gasteiger partial charge in [-0.25, -0.2) is 9.97 Å². The van der Waals surface area contributed by atoms with E-state index in [0.29, 0.717) is 6.04 Å². The highest BCUT2D eigenvalue weighted by atomic mass is 16.7. The molecule has 0 bridgehead atoms. The summed E-state index contributed by atoms with van der Waals surface area (Å²) in [5, 5.41) is 3.54. The summed E-state index contributed by atoms with van der Waals surface area (Å²) in [7, 11) is 0. The number of rotatable bonds is 3. The molecule has 1 aliphatic carbocycles. The summed E-state index contributed by atoms with van der Waals surface area (Å²) < 4.78 is 11.4. The molecule has 0 unspecified atom stereocenters. The molecule has 1 spiro atoms. The Labute approximate surface area is 107 Å². The SMILES string of the molecule is c1cc(CNC2CCC3(CC2)OCCO3)ncn1. The van der Waals surface area contributed by atoms with Crippen LogP contribution in [0, 0.1) is 0 Å². The van der Waals surface area contributed by atoms with E-state index in [0.717, 1.165) is 51.1 Å². The molecule has 2 aliphatic rings. The summed E-state index contributed by atoms with van der Waals surface area (Å²) in [5.41, 5.74) is 1.04. The molecule has 0 radical (unpaired) electrons. The van der Waals surface area contributed by atoms with E-state index in [2.05, 4.69) is 15.3 Å². The Morgan fingerprint density at radius 3 is 2.72 bits per heavy atom. The van der Waals surface area contributed by atoms with Crippen molar-refractivity contribution in [2.45, 2.75) is 44.1 Å². The zero-order valence-electron chi connectivity index (χ0n) is 10.5. The Kier molecular flexibility index (Phi) is 3.54. The van der Waals surface area contributed by atoms with Gasteiger partial charge in [-0.3, -0.25) is 0 Å².